The molecule has 0 atom stereocenters. The summed E-state index contributed by atoms with van der Waals surface area (Å²) in [6.45, 7) is 4.72. The third kappa shape index (κ3) is 2.96. The number of hydrogen-bond acceptors (Lipinski definition) is 5. The number of rotatable bonds is 6. The maximum Gasteiger partial charge on any atom is 0.354 e. The van der Waals surface area contributed by atoms with E-state index in [4.69, 9.17) is 4.74 Å². The fraction of sp³-hybridized carbons (Fsp3) is 0.357. The van der Waals surface area contributed by atoms with Crippen LogP contribution in [-0.2, 0) is 4.74 Å². The number of carbonyl (C=O) groups excluding carboxylic acids is 1. The number of nitrogens with zero attached hydrogens (tertiary/aromatic N) is 1. The molecular weight excluding hydrogens is 274 g/mol. The number of fused-ring (bicyclic) bond motifs is 1. The molecule has 0 aliphatic carbocycles. The van der Waals surface area contributed by atoms with E-state index in [-0.39, 0.29) is 18.0 Å². The molecule has 7 heteroatoms. The van der Waals surface area contributed by atoms with E-state index in [9.17, 15) is 14.9 Å². The molecule has 2 rings (SSSR count). The number of non-ortho nitro benzene ring substituents is 1. The highest BCUT2D eigenvalue weighted by Crippen LogP contribution is 2.32. The van der Waals surface area contributed by atoms with Crippen LogP contribution in [0.3, 0.4) is 0 Å². The van der Waals surface area contributed by atoms with E-state index in [2.05, 4.69) is 10.3 Å². The predicted molar refractivity (Wildman–Crippen MR) is 79.7 cm³/mol. The molecule has 0 bridgehead atoms. The van der Waals surface area contributed by atoms with E-state index in [1.54, 1.807) is 19.1 Å². The van der Waals surface area contributed by atoms with Gasteiger partial charge in [0.2, 0.25) is 0 Å². The molecule has 112 valence electrons. The van der Waals surface area contributed by atoms with Crippen LogP contribution in [0.2, 0.25) is 0 Å². The monoisotopic (exact) mass is 291 g/mol. The Bertz CT molecular complexity index is 678. The van der Waals surface area contributed by atoms with Gasteiger partial charge in [0.15, 0.2) is 0 Å². The second-order valence-electron chi connectivity index (χ2n) is 4.51. The Balaban J connectivity index is 2.55. The van der Waals surface area contributed by atoms with Crippen molar-refractivity contribution >= 4 is 28.2 Å². The number of anilines is 1. The largest absolute Gasteiger partial charge is 0.461 e. The van der Waals surface area contributed by atoms with Gasteiger partial charge in [-0.3, -0.25) is 10.1 Å². The van der Waals surface area contributed by atoms with Crippen molar-refractivity contribution in [1.29, 1.82) is 0 Å². The first-order valence-electron chi connectivity index (χ1n) is 6.79. The summed E-state index contributed by atoms with van der Waals surface area (Å²) in [7, 11) is 0. The lowest BCUT2D eigenvalue weighted by Crippen LogP contribution is -2.04. The Morgan fingerprint density at radius 1 is 1.43 bits per heavy atom. The number of nitro groups is 1. The molecule has 2 N–H and O–H groups in total. The number of ether oxygens (including phenoxy) is 1. The summed E-state index contributed by atoms with van der Waals surface area (Å²) < 4.78 is 4.92. The zero-order valence-electron chi connectivity index (χ0n) is 11.9. The van der Waals surface area contributed by atoms with Crippen molar-refractivity contribution in [2.24, 2.45) is 0 Å². The quantitative estimate of drug-likeness (QED) is 0.484. The molecular formula is C14H17N3O4. The summed E-state index contributed by atoms with van der Waals surface area (Å²) in [6, 6.07) is 4.66. The highest BCUT2D eigenvalue weighted by Gasteiger charge is 2.20. The van der Waals surface area contributed by atoms with Gasteiger partial charge in [-0.1, -0.05) is 6.92 Å². The van der Waals surface area contributed by atoms with Gasteiger partial charge in [-0.25, -0.2) is 4.79 Å². The molecule has 0 aliphatic rings. The first-order chi connectivity index (χ1) is 10.1. The van der Waals surface area contributed by atoms with Crippen LogP contribution in [0.4, 0.5) is 11.4 Å². The second-order valence-corrected chi connectivity index (χ2v) is 4.51. The first kappa shape index (κ1) is 14.8. The van der Waals surface area contributed by atoms with E-state index in [1.807, 2.05) is 6.92 Å². The highest BCUT2D eigenvalue weighted by molar-refractivity contribution is 6.03. The first-order valence-corrected chi connectivity index (χ1v) is 6.79. The normalized spacial score (nSPS) is 10.6. The smallest absolute Gasteiger partial charge is 0.354 e. The molecule has 0 unspecified atom stereocenters. The van der Waals surface area contributed by atoms with Gasteiger partial charge in [-0.15, -0.1) is 0 Å². The maximum absolute atomic E-state index is 11.8. The van der Waals surface area contributed by atoms with Crippen LogP contribution in [0, 0.1) is 10.1 Å². The van der Waals surface area contributed by atoms with E-state index >= 15 is 0 Å². The van der Waals surface area contributed by atoms with Gasteiger partial charge in [0, 0.05) is 23.7 Å². The van der Waals surface area contributed by atoms with Crippen LogP contribution in [0.25, 0.3) is 10.9 Å². The fourth-order valence-corrected chi connectivity index (χ4v) is 2.09. The van der Waals surface area contributed by atoms with Crippen LogP contribution >= 0.6 is 0 Å². The van der Waals surface area contributed by atoms with Gasteiger partial charge in [-0.05, 0) is 25.5 Å². The van der Waals surface area contributed by atoms with Gasteiger partial charge in [0.25, 0.3) is 5.69 Å². The molecule has 7 nitrogen and oxygen atoms in total. The van der Waals surface area contributed by atoms with Crippen LogP contribution in [0.5, 0.6) is 0 Å². The van der Waals surface area contributed by atoms with Crippen molar-refractivity contribution < 1.29 is 14.5 Å². The average molecular weight is 291 g/mol. The molecule has 1 aromatic heterocycles. The van der Waals surface area contributed by atoms with Crippen LogP contribution in [0.15, 0.2) is 18.2 Å². The summed E-state index contributed by atoms with van der Waals surface area (Å²) in [4.78, 5) is 25.2. The Morgan fingerprint density at radius 3 is 2.81 bits per heavy atom. The van der Waals surface area contributed by atoms with Crippen molar-refractivity contribution in [1.82, 2.24) is 4.98 Å². The van der Waals surface area contributed by atoms with Gasteiger partial charge in [0.05, 0.1) is 11.5 Å². The van der Waals surface area contributed by atoms with E-state index in [1.165, 1.54) is 6.07 Å². The Kier molecular flexibility index (Phi) is 4.42. The number of nitro benzene ring substituents is 1. The lowest BCUT2D eigenvalue weighted by atomic mass is 10.2. The number of hydrogen-bond donors (Lipinski definition) is 2. The topological polar surface area (TPSA) is 97.3 Å². The maximum atomic E-state index is 11.8. The van der Waals surface area contributed by atoms with Crippen LogP contribution in [-0.4, -0.2) is 29.0 Å². The number of aromatic nitrogens is 1. The summed E-state index contributed by atoms with van der Waals surface area (Å²) in [6.07, 6.45) is 0.924. The average Bonchev–Trinajstić information content (AvgIpc) is 2.89. The van der Waals surface area contributed by atoms with E-state index in [0.29, 0.717) is 10.9 Å². The molecule has 1 heterocycles. The zero-order valence-corrected chi connectivity index (χ0v) is 11.9. The van der Waals surface area contributed by atoms with Crippen molar-refractivity contribution in [3.63, 3.8) is 0 Å². The lowest BCUT2D eigenvalue weighted by Gasteiger charge is -2.06. The Labute approximate surface area is 121 Å². The summed E-state index contributed by atoms with van der Waals surface area (Å²) in [5.41, 5.74) is 1.22. The van der Waals surface area contributed by atoms with Crippen LogP contribution in [0.1, 0.15) is 30.8 Å². The molecule has 1 aromatic carbocycles. The van der Waals surface area contributed by atoms with Gasteiger partial charge < -0.3 is 15.0 Å². The fourth-order valence-electron chi connectivity index (χ4n) is 2.09. The van der Waals surface area contributed by atoms with Crippen molar-refractivity contribution in [2.45, 2.75) is 20.3 Å². The summed E-state index contributed by atoms with van der Waals surface area (Å²) in [5, 5.41) is 14.9. The molecule has 0 aliphatic heterocycles. The SMILES string of the molecule is CCCNc1ccc([N+](=O)[O-])c2[nH]c(C(=O)OCC)cc12. The van der Waals surface area contributed by atoms with Gasteiger partial charge in [0.1, 0.15) is 11.2 Å². The molecule has 0 fully saturated rings. The number of nitrogens with one attached hydrogen (secondary N) is 2. The summed E-state index contributed by atoms with van der Waals surface area (Å²) >= 11 is 0. The molecule has 21 heavy (non-hydrogen) atoms. The minimum atomic E-state index is -0.524. The van der Waals surface area contributed by atoms with E-state index in [0.717, 1.165) is 18.7 Å². The lowest BCUT2D eigenvalue weighted by molar-refractivity contribution is -0.383. The minimum Gasteiger partial charge on any atom is -0.461 e. The Morgan fingerprint density at radius 2 is 2.19 bits per heavy atom. The number of esters is 1. The standard InChI is InChI=1S/C14H17N3O4/c1-3-7-15-10-5-6-12(17(19)20)13-9(10)8-11(16-13)14(18)21-4-2/h5-6,8,15-16H,3-4,7H2,1-2H3. The molecule has 0 saturated carbocycles. The minimum absolute atomic E-state index is 0.0670. The number of benzene rings is 1. The molecule has 0 spiro atoms. The third-order valence-corrected chi connectivity index (χ3v) is 3.03. The Hall–Kier alpha value is -2.57. The highest BCUT2D eigenvalue weighted by atomic mass is 16.6. The molecule has 0 radical (unpaired) electrons. The van der Waals surface area contributed by atoms with Crippen molar-refractivity contribution in [3.8, 4) is 0 Å². The number of aromatic amines is 1. The second kappa shape index (κ2) is 6.25. The van der Waals surface area contributed by atoms with Gasteiger partial charge >= 0.3 is 5.97 Å². The number of H-pyrrole nitrogens is 1. The molecule has 2 aromatic rings. The number of carbonyl (C=O) groups is 1. The van der Waals surface area contributed by atoms with Crippen molar-refractivity contribution in [2.75, 3.05) is 18.5 Å². The molecule has 0 amide bonds. The van der Waals surface area contributed by atoms with Crippen LogP contribution < -0.4 is 5.32 Å². The van der Waals surface area contributed by atoms with Crippen molar-refractivity contribution in [3.05, 3.63) is 34.0 Å². The molecule has 0 saturated heterocycles. The summed E-state index contributed by atoms with van der Waals surface area (Å²) in [5.74, 6) is -0.524. The van der Waals surface area contributed by atoms with Gasteiger partial charge in [-0.2, -0.15) is 0 Å². The third-order valence-electron chi connectivity index (χ3n) is 3.03. The predicted octanol–water partition coefficient (Wildman–Crippen LogP) is 3.07. The zero-order chi connectivity index (χ0) is 15.4. The van der Waals surface area contributed by atoms with E-state index < -0.39 is 10.9 Å².